The number of aromatic hydroxyl groups is 1. The lowest BCUT2D eigenvalue weighted by molar-refractivity contribution is -0.142. The van der Waals surface area contributed by atoms with E-state index in [-0.39, 0.29) is 49.5 Å². The van der Waals surface area contributed by atoms with Gasteiger partial charge in [-0.15, -0.1) is 0 Å². The molecule has 2 saturated heterocycles. The number of primary amides is 3. The number of unbranched alkanes of at least 4 members (excludes halogenated alkanes) is 1. The number of hydrogen-bond donors (Lipinski definition) is 13. The summed E-state index contributed by atoms with van der Waals surface area (Å²) < 4.78 is 0. The Balaban J connectivity index is 1.71. The van der Waals surface area contributed by atoms with E-state index in [9.17, 15) is 57.8 Å². The van der Waals surface area contributed by atoms with Crippen LogP contribution in [0.4, 0.5) is 0 Å². The van der Waals surface area contributed by atoms with Gasteiger partial charge in [-0.25, -0.2) is 0 Å². The maximum absolute atomic E-state index is 14.6. The highest BCUT2D eigenvalue weighted by atomic mass is 33.1. The molecule has 0 spiro atoms. The molecule has 9 atom stereocenters. The van der Waals surface area contributed by atoms with E-state index < -0.39 is 139 Å². The molecule has 0 saturated carbocycles. The number of benzene rings is 2. The molecule has 2 aliphatic heterocycles. The Morgan fingerprint density at radius 2 is 1.28 bits per heavy atom. The van der Waals surface area contributed by atoms with Gasteiger partial charge in [-0.05, 0) is 75.3 Å². The second-order valence-corrected chi connectivity index (χ2v) is 20.4. The molecule has 18 N–H and O–H groups in total. The first-order valence-electron chi connectivity index (χ1n) is 24.0. The Morgan fingerprint density at radius 1 is 0.716 bits per heavy atom. The number of nitrogens with two attached hydrogens (primary N) is 5. The Hall–Kier alpha value is -6.97. The number of phenols is 1. The first-order chi connectivity index (χ1) is 35.2. The molecule has 2 fully saturated rings. The minimum absolute atomic E-state index is 0.0295. The second-order valence-electron chi connectivity index (χ2n) is 17.9. The summed E-state index contributed by atoms with van der Waals surface area (Å²) in [6, 6.07) is 2.00. The number of nitrogens with one attached hydrogen (secondary N) is 7. The zero-order valence-electron chi connectivity index (χ0n) is 40.9. The third kappa shape index (κ3) is 19.1. The maximum atomic E-state index is 14.6. The molecule has 74 heavy (non-hydrogen) atoms. The number of nitrogens with zero attached hydrogens (tertiary/aromatic N) is 1. The zero-order chi connectivity index (χ0) is 54.5. The van der Waals surface area contributed by atoms with Crippen LogP contribution >= 0.6 is 21.6 Å². The molecule has 25 nitrogen and oxygen atoms in total. The molecule has 0 aromatic heterocycles. The lowest BCUT2D eigenvalue weighted by Crippen LogP contribution is -2.61. The van der Waals surface area contributed by atoms with E-state index in [4.69, 9.17) is 28.7 Å². The summed E-state index contributed by atoms with van der Waals surface area (Å²) in [7, 11) is 2.02. The standard InChI is InChI=1S/C47H67N13O12S2/c1-25(39(52)64)53-41(66)30(10-5-6-18-48)55-46(71)36-11-7-19-60(36)47(72)35-24-74-73-23-29(49)40(65)56-32(21-27-12-14-28(61)15-13-27)44(69)57-33(20-26-8-3-2-4-9-26)43(68)54-31(16-17-37(50)62)42(67)58-34(22-38(51)63)45(70)59-35/h2-4,8-9,12-15,25,29-36,61H,5-7,10-11,16-24,48-49H2,1H3,(H2,50,62)(H2,51,63)(H2,52,64)(H,53,66)(H,54,68)(H,55,71)(H,56,65)(H,57,69)(H,58,67)(H,59,70). The van der Waals surface area contributed by atoms with E-state index in [1.54, 1.807) is 30.3 Å². The molecule has 2 heterocycles. The number of carbonyl (C=O) groups excluding carboxylic acids is 11. The number of rotatable bonds is 19. The van der Waals surface area contributed by atoms with Crippen molar-refractivity contribution in [1.29, 1.82) is 0 Å². The van der Waals surface area contributed by atoms with Crippen molar-refractivity contribution < 1.29 is 57.8 Å². The number of carbonyl (C=O) groups is 11. The molecule has 0 bridgehead atoms. The summed E-state index contributed by atoms with van der Waals surface area (Å²) in [6.45, 7) is 1.71. The van der Waals surface area contributed by atoms with E-state index >= 15 is 0 Å². The zero-order valence-corrected chi connectivity index (χ0v) is 42.5. The van der Waals surface area contributed by atoms with E-state index in [2.05, 4.69) is 37.2 Å². The van der Waals surface area contributed by atoms with Crippen LogP contribution in [-0.4, -0.2) is 154 Å². The van der Waals surface area contributed by atoms with Crippen molar-refractivity contribution in [3.63, 3.8) is 0 Å². The van der Waals surface area contributed by atoms with Gasteiger partial charge < -0.3 is 75.9 Å². The Morgan fingerprint density at radius 3 is 1.89 bits per heavy atom. The fourth-order valence-electron chi connectivity index (χ4n) is 7.88. The van der Waals surface area contributed by atoms with Gasteiger partial charge in [0.05, 0.1) is 12.5 Å². The van der Waals surface area contributed by atoms with Gasteiger partial charge in [0, 0.05) is 37.3 Å². The summed E-state index contributed by atoms with van der Waals surface area (Å²) in [6.07, 6.45) is -0.415. The molecule has 0 aliphatic carbocycles. The summed E-state index contributed by atoms with van der Waals surface area (Å²) in [5.74, 6) is -10.0. The Kier molecular flexibility index (Phi) is 23.9. The van der Waals surface area contributed by atoms with Crippen LogP contribution in [0.3, 0.4) is 0 Å². The minimum Gasteiger partial charge on any atom is -0.508 e. The van der Waals surface area contributed by atoms with Crippen LogP contribution in [0.1, 0.15) is 69.4 Å². The van der Waals surface area contributed by atoms with E-state index in [0.29, 0.717) is 36.9 Å². The van der Waals surface area contributed by atoms with Crippen LogP contribution in [-0.2, 0) is 65.6 Å². The minimum atomic E-state index is -1.78. The van der Waals surface area contributed by atoms with Crippen molar-refractivity contribution in [2.24, 2.45) is 28.7 Å². The van der Waals surface area contributed by atoms with Gasteiger partial charge in [0.25, 0.3) is 0 Å². The van der Waals surface area contributed by atoms with Crippen LogP contribution in [0.5, 0.6) is 5.75 Å². The Labute approximate surface area is 435 Å². The molecule has 2 aromatic rings. The van der Waals surface area contributed by atoms with Gasteiger partial charge in [-0.3, -0.25) is 52.7 Å². The topological polar surface area (TPSA) is 426 Å². The predicted molar refractivity (Wildman–Crippen MR) is 273 cm³/mol. The molecular weight excluding hydrogens is 1000 g/mol. The summed E-state index contributed by atoms with van der Waals surface area (Å²) in [4.78, 5) is 150. The largest absolute Gasteiger partial charge is 0.508 e. The van der Waals surface area contributed by atoms with Gasteiger partial charge in [0.1, 0.15) is 54.1 Å². The van der Waals surface area contributed by atoms with Crippen molar-refractivity contribution in [1.82, 2.24) is 42.1 Å². The summed E-state index contributed by atoms with van der Waals surface area (Å²) in [5, 5.41) is 27.9. The lowest BCUT2D eigenvalue weighted by Gasteiger charge is -2.31. The SMILES string of the molecule is CC(NC(=O)C(CCCCN)NC(=O)C1CCCN1C(=O)C1CSSCC(N)C(=O)NC(Cc2ccc(O)cc2)C(=O)NC(Cc2ccccc2)C(=O)NC(CCC(N)=O)C(=O)NC(CC(N)=O)C(=O)N1)C(N)=O. The van der Waals surface area contributed by atoms with Crippen LogP contribution in [0, 0.1) is 0 Å². The first-order valence-corrected chi connectivity index (χ1v) is 26.5. The third-order valence-corrected chi connectivity index (χ3v) is 14.4. The average Bonchev–Trinajstić information content (AvgIpc) is 3.85. The van der Waals surface area contributed by atoms with Crippen molar-refractivity contribution in [2.45, 2.75) is 126 Å². The second kappa shape index (κ2) is 29.7. The van der Waals surface area contributed by atoms with Crippen LogP contribution < -0.4 is 65.9 Å². The molecule has 11 amide bonds. The van der Waals surface area contributed by atoms with Crippen LogP contribution in [0.15, 0.2) is 54.6 Å². The van der Waals surface area contributed by atoms with Crippen molar-refractivity contribution in [2.75, 3.05) is 24.6 Å². The number of phenolic OH excluding ortho intramolecular Hbond substituents is 1. The smallest absolute Gasteiger partial charge is 0.246 e. The highest BCUT2D eigenvalue weighted by Gasteiger charge is 2.41. The maximum Gasteiger partial charge on any atom is 0.246 e. The lowest BCUT2D eigenvalue weighted by atomic mass is 10.0. The van der Waals surface area contributed by atoms with E-state index in [0.717, 1.165) is 21.6 Å². The average molecular weight is 1070 g/mol. The van der Waals surface area contributed by atoms with Gasteiger partial charge in [0.2, 0.25) is 65.0 Å². The molecular formula is C47H67N13O12S2. The third-order valence-electron chi connectivity index (χ3n) is 12.0. The number of likely N-dealkylation sites (tertiary alicyclic amines) is 1. The van der Waals surface area contributed by atoms with Gasteiger partial charge >= 0.3 is 0 Å². The highest BCUT2D eigenvalue weighted by Crippen LogP contribution is 2.26. The van der Waals surface area contributed by atoms with Crippen LogP contribution in [0.25, 0.3) is 0 Å². The van der Waals surface area contributed by atoms with E-state index in [1.165, 1.54) is 36.1 Å². The molecule has 9 unspecified atom stereocenters. The Bertz CT molecular complexity index is 2330. The summed E-state index contributed by atoms with van der Waals surface area (Å²) in [5.41, 5.74) is 29.4. The van der Waals surface area contributed by atoms with Gasteiger partial charge in [-0.1, -0.05) is 64.1 Å². The molecule has 404 valence electrons. The normalized spacial score (nSPS) is 23.3. The molecule has 27 heteroatoms. The van der Waals surface area contributed by atoms with Gasteiger partial charge in [-0.2, -0.15) is 0 Å². The first kappa shape index (κ1) is 59.6. The van der Waals surface area contributed by atoms with Gasteiger partial charge in [0.15, 0.2) is 0 Å². The van der Waals surface area contributed by atoms with E-state index in [1.807, 2.05) is 0 Å². The molecule has 2 aromatic carbocycles. The number of amides is 11. The highest BCUT2D eigenvalue weighted by molar-refractivity contribution is 8.76. The quantitative estimate of drug-likeness (QED) is 0.0472. The molecule has 0 radical (unpaired) electrons. The molecule has 4 rings (SSSR count). The molecule has 2 aliphatic rings. The summed E-state index contributed by atoms with van der Waals surface area (Å²) >= 11 is 0. The van der Waals surface area contributed by atoms with Crippen molar-refractivity contribution in [3.05, 3.63) is 65.7 Å². The van der Waals surface area contributed by atoms with Crippen LogP contribution in [0.2, 0.25) is 0 Å². The monoisotopic (exact) mass is 1070 g/mol. The van der Waals surface area contributed by atoms with Crippen molar-refractivity contribution >= 4 is 86.6 Å². The predicted octanol–water partition coefficient (Wildman–Crippen LogP) is -3.94. The number of hydrogen-bond acceptors (Lipinski definition) is 16. The fourth-order valence-corrected chi connectivity index (χ4v) is 10.2. The fraction of sp³-hybridized carbons (Fsp3) is 0.511. The van der Waals surface area contributed by atoms with Crippen molar-refractivity contribution in [3.8, 4) is 5.75 Å².